The molecule has 0 radical (unpaired) electrons. The third-order valence-corrected chi connectivity index (χ3v) is 2.88. The van der Waals surface area contributed by atoms with Crippen molar-refractivity contribution in [3.63, 3.8) is 0 Å². The second kappa shape index (κ2) is 6.94. The van der Waals surface area contributed by atoms with Gasteiger partial charge in [0.25, 0.3) is 6.43 Å². The van der Waals surface area contributed by atoms with Crippen LogP contribution in [0.4, 0.5) is 14.5 Å². The van der Waals surface area contributed by atoms with Crippen LogP contribution in [0.3, 0.4) is 0 Å². The summed E-state index contributed by atoms with van der Waals surface area (Å²) in [6.07, 6.45) is 0.302. The molecule has 0 fully saturated rings. The van der Waals surface area contributed by atoms with E-state index >= 15 is 0 Å². The minimum Gasteiger partial charge on any atom is -0.324 e. The van der Waals surface area contributed by atoms with Gasteiger partial charge in [0.15, 0.2) is 0 Å². The van der Waals surface area contributed by atoms with Gasteiger partial charge >= 0.3 is 0 Å². The van der Waals surface area contributed by atoms with Crippen molar-refractivity contribution in [2.75, 3.05) is 5.32 Å². The number of hydrogen-bond donors (Lipinski definition) is 2. The first-order valence-electron chi connectivity index (χ1n) is 6.45. The summed E-state index contributed by atoms with van der Waals surface area (Å²) in [6.45, 7) is -0.501. The third-order valence-electron chi connectivity index (χ3n) is 2.88. The van der Waals surface area contributed by atoms with Gasteiger partial charge in [-0.1, -0.05) is 30.3 Å². The van der Waals surface area contributed by atoms with E-state index in [2.05, 4.69) is 10.4 Å². The van der Waals surface area contributed by atoms with Crippen LogP contribution in [0.15, 0.2) is 42.7 Å². The van der Waals surface area contributed by atoms with E-state index in [9.17, 15) is 13.6 Å². The smallest absolute Gasteiger partial charge is 0.257 e. The van der Waals surface area contributed by atoms with Crippen molar-refractivity contribution in [2.45, 2.75) is 25.4 Å². The van der Waals surface area contributed by atoms with Gasteiger partial charge in [0.1, 0.15) is 6.54 Å². The summed E-state index contributed by atoms with van der Waals surface area (Å²) < 4.78 is 25.5. The van der Waals surface area contributed by atoms with Crippen molar-refractivity contribution in [3.8, 4) is 0 Å². The highest BCUT2D eigenvalue weighted by Gasteiger charge is 2.13. The van der Waals surface area contributed by atoms with E-state index in [1.807, 2.05) is 30.3 Å². The maximum absolute atomic E-state index is 12.2. The lowest BCUT2D eigenvalue weighted by molar-refractivity contribution is -0.116. The van der Waals surface area contributed by atoms with E-state index in [1.165, 1.54) is 12.4 Å². The zero-order valence-electron chi connectivity index (χ0n) is 11.2. The number of nitrogens with two attached hydrogens (primary N) is 1. The minimum atomic E-state index is -2.49. The number of nitrogens with one attached hydrogen (secondary N) is 1. The van der Waals surface area contributed by atoms with Crippen LogP contribution in [0.1, 0.15) is 18.0 Å². The Labute approximate surface area is 120 Å². The van der Waals surface area contributed by atoms with Gasteiger partial charge in [-0.3, -0.25) is 9.48 Å². The number of carbonyl (C=O) groups excluding carboxylic acids is 1. The van der Waals surface area contributed by atoms with Crippen molar-refractivity contribution in [1.82, 2.24) is 9.78 Å². The molecule has 0 saturated heterocycles. The zero-order chi connectivity index (χ0) is 15.2. The third kappa shape index (κ3) is 4.64. The normalized spacial score (nSPS) is 12.4. The van der Waals surface area contributed by atoms with E-state index < -0.39 is 19.0 Å². The molecule has 0 aliphatic heterocycles. The first kappa shape index (κ1) is 15.1. The lowest BCUT2D eigenvalue weighted by Gasteiger charge is -2.11. The van der Waals surface area contributed by atoms with Gasteiger partial charge in [-0.25, -0.2) is 8.78 Å². The van der Waals surface area contributed by atoms with Gasteiger partial charge in [-0.15, -0.1) is 0 Å². The van der Waals surface area contributed by atoms with Crippen molar-refractivity contribution in [2.24, 2.45) is 5.73 Å². The van der Waals surface area contributed by atoms with E-state index in [4.69, 9.17) is 5.73 Å². The Kier molecular flexibility index (Phi) is 4.99. The molecule has 21 heavy (non-hydrogen) atoms. The number of amides is 1. The minimum absolute atomic E-state index is 0.101. The monoisotopic (exact) mass is 294 g/mol. The molecular formula is C14H16F2N4O. The molecular weight excluding hydrogens is 278 g/mol. The molecule has 3 N–H and O–H groups in total. The molecule has 0 aliphatic rings. The number of carbonyl (C=O) groups is 1. The second-order valence-corrected chi connectivity index (χ2v) is 4.61. The summed E-state index contributed by atoms with van der Waals surface area (Å²) in [5.41, 5.74) is 7.18. The quantitative estimate of drug-likeness (QED) is 0.857. The van der Waals surface area contributed by atoms with E-state index in [0.29, 0.717) is 5.69 Å². The number of halogens is 2. The van der Waals surface area contributed by atoms with E-state index in [1.54, 1.807) is 0 Å². The number of hydrogen-bond acceptors (Lipinski definition) is 3. The van der Waals surface area contributed by atoms with Crippen LogP contribution in [-0.2, 0) is 11.3 Å². The first-order chi connectivity index (χ1) is 10.0. The lowest BCUT2D eigenvalue weighted by atomic mass is 10.0. The van der Waals surface area contributed by atoms with Crippen LogP contribution in [0.2, 0.25) is 0 Å². The Bertz CT molecular complexity index is 586. The fraction of sp³-hybridized carbons (Fsp3) is 0.286. The average Bonchev–Trinajstić information content (AvgIpc) is 2.85. The fourth-order valence-corrected chi connectivity index (χ4v) is 1.90. The summed E-state index contributed by atoms with van der Waals surface area (Å²) in [5, 5.41) is 6.33. The summed E-state index contributed by atoms with van der Waals surface area (Å²) in [6, 6.07) is 8.84. The standard InChI is InChI=1S/C14H16F2N4O/c15-13(16)9-20-8-11(7-18-20)19-14(21)6-12(17)10-4-2-1-3-5-10/h1-5,7-8,12-13H,6,9,17H2,(H,19,21). The molecule has 0 aliphatic carbocycles. The average molecular weight is 294 g/mol. The molecule has 2 rings (SSSR count). The summed E-state index contributed by atoms with van der Waals surface area (Å²) >= 11 is 0. The molecule has 2 aromatic rings. The van der Waals surface area contributed by atoms with Crippen LogP contribution in [0, 0.1) is 0 Å². The van der Waals surface area contributed by atoms with E-state index in [-0.39, 0.29) is 12.3 Å². The largest absolute Gasteiger partial charge is 0.324 e. The Hall–Kier alpha value is -2.28. The molecule has 0 bridgehead atoms. The van der Waals surface area contributed by atoms with Gasteiger partial charge in [0.05, 0.1) is 11.9 Å². The molecule has 1 aromatic heterocycles. The van der Waals surface area contributed by atoms with Gasteiger partial charge in [-0.2, -0.15) is 5.10 Å². The highest BCUT2D eigenvalue weighted by atomic mass is 19.3. The Morgan fingerprint density at radius 1 is 1.33 bits per heavy atom. The number of rotatable bonds is 6. The highest BCUT2D eigenvalue weighted by Crippen LogP contribution is 2.15. The predicted octanol–water partition coefficient (Wildman–Crippen LogP) is 2.18. The number of nitrogens with zero attached hydrogens (tertiary/aromatic N) is 2. The molecule has 1 heterocycles. The summed E-state index contributed by atoms with van der Waals surface area (Å²) in [4.78, 5) is 11.9. The molecule has 0 spiro atoms. The Morgan fingerprint density at radius 2 is 2.05 bits per heavy atom. The number of benzene rings is 1. The lowest BCUT2D eigenvalue weighted by Crippen LogP contribution is -2.20. The molecule has 7 heteroatoms. The van der Waals surface area contributed by atoms with Crippen LogP contribution in [0.5, 0.6) is 0 Å². The van der Waals surface area contributed by atoms with Gasteiger partial charge in [0, 0.05) is 18.7 Å². The maximum atomic E-state index is 12.2. The topological polar surface area (TPSA) is 72.9 Å². The molecule has 1 unspecified atom stereocenters. The van der Waals surface area contributed by atoms with Gasteiger partial charge in [-0.05, 0) is 5.56 Å². The predicted molar refractivity (Wildman–Crippen MR) is 74.8 cm³/mol. The summed E-state index contributed by atoms with van der Waals surface area (Å²) in [7, 11) is 0. The Balaban J connectivity index is 1.88. The molecule has 0 saturated carbocycles. The zero-order valence-corrected chi connectivity index (χ0v) is 11.2. The molecule has 5 nitrogen and oxygen atoms in total. The summed E-state index contributed by atoms with van der Waals surface area (Å²) in [5.74, 6) is -0.289. The van der Waals surface area contributed by atoms with Gasteiger partial charge in [0.2, 0.25) is 5.91 Å². The highest BCUT2D eigenvalue weighted by molar-refractivity contribution is 5.90. The van der Waals surface area contributed by atoms with E-state index in [0.717, 1.165) is 10.2 Å². The Morgan fingerprint density at radius 3 is 2.71 bits per heavy atom. The molecule has 1 aromatic carbocycles. The first-order valence-corrected chi connectivity index (χ1v) is 6.45. The van der Waals surface area contributed by atoms with Gasteiger partial charge < -0.3 is 11.1 Å². The van der Waals surface area contributed by atoms with Crippen LogP contribution < -0.4 is 11.1 Å². The van der Waals surface area contributed by atoms with Crippen LogP contribution in [-0.4, -0.2) is 22.1 Å². The number of alkyl halides is 2. The molecule has 1 amide bonds. The van der Waals surface area contributed by atoms with Crippen molar-refractivity contribution < 1.29 is 13.6 Å². The molecule has 1 atom stereocenters. The van der Waals surface area contributed by atoms with Crippen molar-refractivity contribution in [3.05, 3.63) is 48.3 Å². The fourth-order valence-electron chi connectivity index (χ4n) is 1.90. The second-order valence-electron chi connectivity index (χ2n) is 4.61. The number of anilines is 1. The van der Waals surface area contributed by atoms with Crippen molar-refractivity contribution in [1.29, 1.82) is 0 Å². The van der Waals surface area contributed by atoms with Crippen LogP contribution >= 0.6 is 0 Å². The molecule has 112 valence electrons. The SMILES string of the molecule is NC(CC(=O)Nc1cnn(CC(F)F)c1)c1ccccc1. The van der Waals surface area contributed by atoms with Crippen LogP contribution in [0.25, 0.3) is 0 Å². The van der Waals surface area contributed by atoms with Crippen molar-refractivity contribution >= 4 is 11.6 Å². The maximum Gasteiger partial charge on any atom is 0.257 e. The number of aromatic nitrogens is 2.